The number of aromatic nitrogens is 1. The molecule has 0 aliphatic carbocycles. The number of hydrogen-bond acceptors (Lipinski definition) is 2. The van der Waals surface area contributed by atoms with Crippen molar-refractivity contribution in [1.29, 1.82) is 0 Å². The van der Waals surface area contributed by atoms with Gasteiger partial charge in [-0.05, 0) is 40.8 Å². The van der Waals surface area contributed by atoms with Gasteiger partial charge in [-0.2, -0.15) is 0 Å². The summed E-state index contributed by atoms with van der Waals surface area (Å²) >= 11 is 3.27. The number of H-pyrrole nitrogens is 1. The Morgan fingerprint density at radius 2 is 2.32 bits per heavy atom. The molecule has 0 bridgehead atoms. The van der Waals surface area contributed by atoms with Crippen LogP contribution in [0, 0.1) is 5.92 Å². The van der Waals surface area contributed by atoms with E-state index < -0.39 is 12.0 Å². The highest BCUT2D eigenvalue weighted by atomic mass is 79.9. The van der Waals surface area contributed by atoms with E-state index in [4.69, 9.17) is 0 Å². The zero-order valence-electron chi connectivity index (χ0n) is 10.7. The number of carbonyl (C=O) groups excluding carboxylic acids is 1. The fraction of sp³-hybridized carbons (Fsp3) is 0.538. The number of likely N-dealkylation sites (tertiary alicyclic amines) is 1. The van der Waals surface area contributed by atoms with Crippen molar-refractivity contribution < 1.29 is 14.7 Å². The molecule has 1 aliphatic rings. The zero-order chi connectivity index (χ0) is 14.0. The van der Waals surface area contributed by atoms with Crippen LogP contribution in [0.1, 0.15) is 36.7 Å². The van der Waals surface area contributed by atoms with Gasteiger partial charge in [0.05, 0.1) is 0 Å². The SMILES string of the molecule is CCC1CCN(C(=O)c2cc(Br)c[nH]2)C(C(=O)O)C1. The Labute approximate surface area is 120 Å². The topological polar surface area (TPSA) is 73.4 Å². The Balaban J connectivity index is 2.17. The molecule has 2 N–H and O–H groups in total. The number of hydrogen-bond donors (Lipinski definition) is 2. The number of aromatic amines is 1. The molecule has 0 spiro atoms. The fourth-order valence-corrected chi connectivity index (χ4v) is 2.88. The molecule has 0 radical (unpaired) electrons. The lowest BCUT2D eigenvalue weighted by Gasteiger charge is -2.36. The molecule has 1 aromatic heterocycles. The smallest absolute Gasteiger partial charge is 0.326 e. The summed E-state index contributed by atoms with van der Waals surface area (Å²) < 4.78 is 0.783. The van der Waals surface area contributed by atoms with Gasteiger partial charge in [0.1, 0.15) is 11.7 Å². The predicted octanol–water partition coefficient (Wildman–Crippen LogP) is 2.49. The van der Waals surface area contributed by atoms with Crippen molar-refractivity contribution in [2.75, 3.05) is 6.54 Å². The highest BCUT2D eigenvalue weighted by molar-refractivity contribution is 9.10. The zero-order valence-corrected chi connectivity index (χ0v) is 12.3. The summed E-state index contributed by atoms with van der Waals surface area (Å²) in [5.74, 6) is -0.773. The van der Waals surface area contributed by atoms with Crippen LogP contribution in [0.15, 0.2) is 16.7 Å². The fourth-order valence-electron chi connectivity index (χ4n) is 2.53. The number of aliphatic carboxylic acids is 1. The third-order valence-corrected chi connectivity index (χ3v) is 4.17. The summed E-state index contributed by atoms with van der Waals surface area (Å²) in [6, 6.07) is 0.959. The van der Waals surface area contributed by atoms with E-state index in [9.17, 15) is 14.7 Å². The minimum atomic E-state index is -0.919. The van der Waals surface area contributed by atoms with E-state index in [2.05, 4.69) is 27.8 Å². The lowest BCUT2D eigenvalue weighted by atomic mass is 9.88. The average Bonchev–Trinajstić information content (AvgIpc) is 2.83. The van der Waals surface area contributed by atoms with Gasteiger partial charge in [-0.3, -0.25) is 4.79 Å². The van der Waals surface area contributed by atoms with Crippen molar-refractivity contribution >= 4 is 27.8 Å². The molecular formula is C13H17BrN2O3. The average molecular weight is 329 g/mol. The van der Waals surface area contributed by atoms with Gasteiger partial charge in [-0.1, -0.05) is 13.3 Å². The molecule has 0 saturated carbocycles. The maximum Gasteiger partial charge on any atom is 0.326 e. The number of carbonyl (C=O) groups is 2. The summed E-state index contributed by atoms with van der Waals surface area (Å²) in [5.41, 5.74) is 0.424. The minimum absolute atomic E-state index is 0.243. The number of nitrogens with zero attached hydrogens (tertiary/aromatic N) is 1. The first-order valence-corrected chi connectivity index (χ1v) is 7.20. The summed E-state index contributed by atoms with van der Waals surface area (Å²) in [6.45, 7) is 2.56. The van der Waals surface area contributed by atoms with Gasteiger partial charge in [0.2, 0.25) is 0 Å². The Morgan fingerprint density at radius 3 is 2.84 bits per heavy atom. The second kappa shape index (κ2) is 5.77. The third kappa shape index (κ3) is 3.00. The Bertz CT molecular complexity index is 486. The molecule has 0 aromatic carbocycles. The lowest BCUT2D eigenvalue weighted by molar-refractivity contribution is -0.144. The number of carboxylic acid groups (broad SMARTS) is 1. The van der Waals surface area contributed by atoms with E-state index in [1.165, 1.54) is 4.90 Å². The normalized spacial score (nSPS) is 23.4. The molecule has 2 unspecified atom stereocenters. The highest BCUT2D eigenvalue weighted by Crippen LogP contribution is 2.27. The highest BCUT2D eigenvalue weighted by Gasteiger charge is 2.36. The molecule has 5 nitrogen and oxygen atoms in total. The predicted molar refractivity (Wildman–Crippen MR) is 74.0 cm³/mol. The number of rotatable bonds is 3. The molecule has 1 amide bonds. The molecule has 1 saturated heterocycles. The van der Waals surface area contributed by atoms with Crippen LogP contribution in [-0.4, -0.2) is 39.5 Å². The standard InChI is InChI=1S/C13H17BrN2O3/c1-2-8-3-4-16(11(5-8)13(18)19)12(17)10-6-9(14)7-15-10/h6-8,11,15H,2-5H2,1H3,(H,18,19). The molecule has 19 heavy (non-hydrogen) atoms. The van der Waals surface area contributed by atoms with Crippen molar-refractivity contribution in [2.45, 2.75) is 32.2 Å². The van der Waals surface area contributed by atoms with Crippen LogP contribution in [0.3, 0.4) is 0 Å². The Kier molecular flexibility index (Phi) is 4.29. The number of carboxylic acids is 1. The molecular weight excluding hydrogens is 312 g/mol. The van der Waals surface area contributed by atoms with Gasteiger partial charge in [0.15, 0.2) is 0 Å². The maximum absolute atomic E-state index is 12.3. The first kappa shape index (κ1) is 14.1. The second-order valence-electron chi connectivity index (χ2n) is 4.88. The number of amides is 1. The van der Waals surface area contributed by atoms with Gasteiger partial charge in [-0.25, -0.2) is 4.79 Å². The summed E-state index contributed by atoms with van der Waals surface area (Å²) in [6.07, 6.45) is 4.04. The van der Waals surface area contributed by atoms with Gasteiger partial charge in [-0.15, -0.1) is 0 Å². The number of halogens is 1. The van der Waals surface area contributed by atoms with E-state index in [1.807, 2.05) is 0 Å². The molecule has 1 aliphatic heterocycles. The van der Waals surface area contributed by atoms with Crippen molar-refractivity contribution in [3.05, 3.63) is 22.4 Å². The van der Waals surface area contributed by atoms with Crippen molar-refractivity contribution in [1.82, 2.24) is 9.88 Å². The molecule has 104 valence electrons. The second-order valence-corrected chi connectivity index (χ2v) is 5.80. The molecule has 1 aromatic rings. The minimum Gasteiger partial charge on any atom is -0.480 e. The van der Waals surface area contributed by atoms with E-state index >= 15 is 0 Å². The summed E-state index contributed by atoms with van der Waals surface area (Å²) in [7, 11) is 0. The van der Waals surface area contributed by atoms with Crippen molar-refractivity contribution in [2.24, 2.45) is 5.92 Å². The van der Waals surface area contributed by atoms with Crippen LogP contribution in [0.4, 0.5) is 0 Å². The van der Waals surface area contributed by atoms with E-state index in [0.717, 1.165) is 17.3 Å². The molecule has 2 heterocycles. The summed E-state index contributed by atoms with van der Waals surface area (Å²) in [4.78, 5) is 28.0. The quantitative estimate of drug-likeness (QED) is 0.895. The van der Waals surface area contributed by atoms with E-state index in [0.29, 0.717) is 24.6 Å². The van der Waals surface area contributed by atoms with Crippen LogP contribution in [-0.2, 0) is 4.79 Å². The van der Waals surface area contributed by atoms with Crippen molar-refractivity contribution in [3.63, 3.8) is 0 Å². The first-order chi connectivity index (χ1) is 9.02. The Morgan fingerprint density at radius 1 is 1.58 bits per heavy atom. The van der Waals surface area contributed by atoms with E-state index in [-0.39, 0.29) is 5.91 Å². The van der Waals surface area contributed by atoms with Gasteiger partial charge < -0.3 is 15.0 Å². The lowest BCUT2D eigenvalue weighted by Crippen LogP contribution is -2.50. The monoisotopic (exact) mass is 328 g/mol. The number of nitrogens with one attached hydrogen (secondary N) is 1. The molecule has 2 atom stereocenters. The first-order valence-electron chi connectivity index (χ1n) is 6.40. The van der Waals surface area contributed by atoms with E-state index in [1.54, 1.807) is 12.3 Å². The van der Waals surface area contributed by atoms with Gasteiger partial charge >= 0.3 is 5.97 Å². The third-order valence-electron chi connectivity index (χ3n) is 3.71. The molecule has 6 heteroatoms. The van der Waals surface area contributed by atoms with Crippen LogP contribution in [0.2, 0.25) is 0 Å². The summed E-state index contributed by atoms with van der Waals surface area (Å²) in [5, 5.41) is 9.31. The molecule has 1 fully saturated rings. The van der Waals surface area contributed by atoms with Crippen LogP contribution in [0.25, 0.3) is 0 Å². The maximum atomic E-state index is 12.3. The largest absolute Gasteiger partial charge is 0.480 e. The van der Waals surface area contributed by atoms with Crippen LogP contribution in [0.5, 0.6) is 0 Å². The Hall–Kier alpha value is -1.30. The van der Waals surface area contributed by atoms with Gasteiger partial charge in [0, 0.05) is 17.2 Å². The molecule has 2 rings (SSSR count). The van der Waals surface area contributed by atoms with Crippen molar-refractivity contribution in [3.8, 4) is 0 Å². The number of piperidine rings is 1. The van der Waals surface area contributed by atoms with Crippen LogP contribution >= 0.6 is 15.9 Å². The van der Waals surface area contributed by atoms with Gasteiger partial charge in [0.25, 0.3) is 5.91 Å². The van der Waals surface area contributed by atoms with Crippen LogP contribution < -0.4 is 0 Å².